The molecule has 0 N–H and O–H groups in total. The molecule has 0 aliphatic heterocycles. The molecule has 1 rings (SSSR count). The van der Waals surface area contributed by atoms with Gasteiger partial charge in [0.25, 0.3) is 0 Å². The fourth-order valence-electron chi connectivity index (χ4n) is 1.36. The first-order valence-corrected chi connectivity index (χ1v) is 4.84. The van der Waals surface area contributed by atoms with Crippen LogP contribution in [0.3, 0.4) is 0 Å². The molecule has 0 atom stereocenters. The number of rotatable bonds is 5. The van der Waals surface area contributed by atoms with Gasteiger partial charge in [0.05, 0.1) is 13.6 Å². The molecule has 1 aromatic heterocycles. The van der Waals surface area contributed by atoms with Crippen molar-refractivity contribution in [1.82, 2.24) is 4.57 Å². The molecule has 0 aliphatic rings. The van der Waals surface area contributed by atoms with Crippen molar-refractivity contribution in [2.75, 3.05) is 0 Å². The molecule has 12 heavy (non-hydrogen) atoms. The highest BCUT2D eigenvalue weighted by molar-refractivity contribution is 4.65. The molecule has 0 unspecified atom stereocenters. The Bertz CT molecular complexity index is 220. The quantitative estimate of drug-likeness (QED) is 0.470. The lowest BCUT2D eigenvalue weighted by Crippen LogP contribution is -2.23. The largest absolute Gasteiger partial charge is 1.00 e. The molecule has 1 heterocycles. The minimum absolute atomic E-state index is 0. The summed E-state index contributed by atoms with van der Waals surface area (Å²) in [5, 5.41) is 0. The van der Waals surface area contributed by atoms with Crippen LogP contribution in [0.5, 0.6) is 0 Å². The highest BCUT2D eigenvalue weighted by atomic mass is 15.1. The van der Waals surface area contributed by atoms with E-state index in [1.165, 1.54) is 32.2 Å². The summed E-state index contributed by atoms with van der Waals surface area (Å²) in [6.45, 7) is 3.41. The van der Waals surface area contributed by atoms with Gasteiger partial charge in [-0.3, -0.25) is 0 Å². The lowest BCUT2D eigenvalue weighted by molar-refractivity contribution is -0.671. The zero-order valence-corrected chi connectivity index (χ0v) is 8.16. The van der Waals surface area contributed by atoms with E-state index < -0.39 is 0 Å². The van der Waals surface area contributed by atoms with Crippen LogP contribution in [-0.4, -0.2) is 4.57 Å². The first-order valence-electron chi connectivity index (χ1n) is 4.84. The second-order valence-electron chi connectivity index (χ2n) is 3.38. The Kier molecular flexibility index (Phi) is 3.85. The molecule has 1 aromatic rings. The molecule has 68 valence electrons. The van der Waals surface area contributed by atoms with Crippen molar-refractivity contribution in [3.05, 3.63) is 18.7 Å². The van der Waals surface area contributed by atoms with Crippen LogP contribution in [0.15, 0.2) is 18.7 Å². The number of hydrogen-bond acceptors (Lipinski definition) is 0. The summed E-state index contributed by atoms with van der Waals surface area (Å²) < 4.78 is 4.33. The van der Waals surface area contributed by atoms with Crippen molar-refractivity contribution in [2.45, 2.75) is 39.2 Å². The number of aryl methyl sites for hydroxylation is 2. The molecule has 0 bridgehead atoms. The molecule has 2 nitrogen and oxygen atoms in total. The maximum atomic E-state index is 2.25. The van der Waals surface area contributed by atoms with Gasteiger partial charge in [-0.2, -0.15) is 0 Å². The van der Waals surface area contributed by atoms with Gasteiger partial charge in [0.1, 0.15) is 12.4 Å². The van der Waals surface area contributed by atoms with Crippen LogP contribution >= 0.6 is 0 Å². The highest BCUT2D eigenvalue weighted by Crippen LogP contribution is 2.00. The maximum Gasteiger partial charge on any atom is 1.00 e. The van der Waals surface area contributed by atoms with E-state index in [-0.39, 0.29) is 1.43 Å². The van der Waals surface area contributed by atoms with E-state index in [1.807, 2.05) is 0 Å². The van der Waals surface area contributed by atoms with Crippen LogP contribution in [0.25, 0.3) is 0 Å². The summed E-state index contributed by atoms with van der Waals surface area (Å²) in [5.74, 6) is 0. The number of aromatic nitrogens is 2. The topological polar surface area (TPSA) is 8.81 Å². The smallest absolute Gasteiger partial charge is 0.240 e. The van der Waals surface area contributed by atoms with Gasteiger partial charge in [0.15, 0.2) is 0 Å². The molecule has 0 spiro atoms. The van der Waals surface area contributed by atoms with E-state index in [0.29, 0.717) is 0 Å². The van der Waals surface area contributed by atoms with Crippen molar-refractivity contribution in [1.29, 1.82) is 0 Å². The minimum atomic E-state index is 0. The summed E-state index contributed by atoms with van der Waals surface area (Å²) in [4.78, 5) is 0. The van der Waals surface area contributed by atoms with Gasteiger partial charge >= 0.3 is 1.43 Å². The van der Waals surface area contributed by atoms with Gasteiger partial charge in [-0.1, -0.05) is 19.8 Å². The number of unbranched alkanes of at least 4 members (excludes halogenated alkanes) is 3. The molecule has 0 fully saturated rings. The van der Waals surface area contributed by atoms with Crippen molar-refractivity contribution in [3.8, 4) is 0 Å². The van der Waals surface area contributed by atoms with Gasteiger partial charge in [0.2, 0.25) is 6.33 Å². The van der Waals surface area contributed by atoms with Gasteiger partial charge in [-0.05, 0) is 12.8 Å². The zero-order valence-electron chi connectivity index (χ0n) is 9.16. The first-order chi connectivity index (χ1) is 5.83. The monoisotopic (exact) mass is 168 g/mol. The summed E-state index contributed by atoms with van der Waals surface area (Å²) in [6, 6.07) is 0. The predicted octanol–water partition coefficient (Wildman–Crippen LogP) is 2.01. The number of nitrogens with zero attached hydrogens (tertiary/aromatic N) is 2. The van der Waals surface area contributed by atoms with E-state index in [1.54, 1.807) is 0 Å². The molecule has 2 heteroatoms. The van der Waals surface area contributed by atoms with Crippen molar-refractivity contribution in [3.63, 3.8) is 0 Å². The van der Waals surface area contributed by atoms with E-state index >= 15 is 0 Å². The number of imidazole rings is 1. The van der Waals surface area contributed by atoms with Crippen LogP contribution in [0, 0.1) is 0 Å². The summed E-state index contributed by atoms with van der Waals surface area (Å²) >= 11 is 0. The predicted molar refractivity (Wildman–Crippen MR) is 50.9 cm³/mol. The van der Waals surface area contributed by atoms with Gasteiger partial charge < -0.3 is 0 Å². The molecule has 0 amide bonds. The maximum absolute atomic E-state index is 2.25. The van der Waals surface area contributed by atoms with E-state index in [0.717, 1.165) is 0 Å². The van der Waals surface area contributed by atoms with Crippen LogP contribution in [0.2, 0.25) is 0 Å². The molecule has 0 radical (unpaired) electrons. The normalized spacial score (nSPS) is 10.5. The van der Waals surface area contributed by atoms with Gasteiger partial charge in [0, 0.05) is 0 Å². The second kappa shape index (κ2) is 4.96. The minimum Gasteiger partial charge on any atom is -0.240 e. The molecule has 0 aliphatic carbocycles. The average Bonchev–Trinajstić information content (AvgIpc) is 2.45. The standard InChI is InChI=1S/C10H19N2/c1-3-4-5-6-7-12-9-8-11(2)10-12/h8-10H,3-7H2,1-2H3/q+1/p+1. The molecule has 0 aromatic carbocycles. The lowest BCUT2D eigenvalue weighted by atomic mass is 10.2. The highest BCUT2D eigenvalue weighted by Gasteiger charge is 1.97. The van der Waals surface area contributed by atoms with Crippen LogP contribution in [0.4, 0.5) is 0 Å². The Hall–Kier alpha value is -0.790. The summed E-state index contributed by atoms with van der Waals surface area (Å²) in [6.07, 6.45) is 11.7. The third-order valence-corrected chi connectivity index (χ3v) is 2.09. The van der Waals surface area contributed by atoms with Gasteiger partial charge in [-0.15, -0.1) is 0 Å². The molecular weight excluding hydrogens is 148 g/mol. The van der Waals surface area contributed by atoms with Crippen LogP contribution in [-0.2, 0) is 13.6 Å². The van der Waals surface area contributed by atoms with Gasteiger partial charge in [-0.25, -0.2) is 9.13 Å². The summed E-state index contributed by atoms with van der Waals surface area (Å²) in [5.41, 5.74) is 0. The fraction of sp³-hybridized carbons (Fsp3) is 0.700. The third kappa shape index (κ3) is 3.07. The second-order valence-corrected chi connectivity index (χ2v) is 3.38. The zero-order chi connectivity index (χ0) is 8.81. The van der Waals surface area contributed by atoms with E-state index in [9.17, 15) is 0 Å². The Morgan fingerprint density at radius 1 is 1.33 bits per heavy atom. The third-order valence-electron chi connectivity index (χ3n) is 2.09. The fourth-order valence-corrected chi connectivity index (χ4v) is 1.36. The van der Waals surface area contributed by atoms with Crippen molar-refractivity contribution in [2.24, 2.45) is 7.05 Å². The van der Waals surface area contributed by atoms with Crippen molar-refractivity contribution < 1.29 is 5.99 Å². The SMILES string of the molecule is CCCCCCn1cc[n+](C)c1.[H+]. The summed E-state index contributed by atoms with van der Waals surface area (Å²) in [7, 11) is 2.06. The number of hydrogen-bond donors (Lipinski definition) is 0. The lowest BCUT2D eigenvalue weighted by Gasteiger charge is -1.95. The van der Waals surface area contributed by atoms with Crippen LogP contribution < -0.4 is 4.57 Å². The first kappa shape index (κ1) is 9.30. The van der Waals surface area contributed by atoms with E-state index in [2.05, 4.69) is 41.8 Å². The average molecular weight is 168 g/mol. The van der Waals surface area contributed by atoms with Crippen LogP contribution in [0.1, 0.15) is 34.0 Å². The Morgan fingerprint density at radius 3 is 2.75 bits per heavy atom. The Balaban J connectivity index is 0.00000144. The van der Waals surface area contributed by atoms with E-state index in [4.69, 9.17) is 0 Å². The Labute approximate surface area is 76.3 Å². The molecule has 0 saturated heterocycles. The van der Waals surface area contributed by atoms with Crippen molar-refractivity contribution >= 4 is 0 Å². The Morgan fingerprint density at radius 2 is 2.17 bits per heavy atom. The molecule has 0 saturated carbocycles. The molecular formula is C10H20N2+2.